The van der Waals surface area contributed by atoms with Crippen molar-refractivity contribution in [1.29, 1.82) is 0 Å². The van der Waals surface area contributed by atoms with Gasteiger partial charge in [-0.2, -0.15) is 5.10 Å². The number of imide groups is 1. The molecule has 6 nitrogen and oxygen atoms in total. The fraction of sp³-hybridized carbons (Fsp3) is 0.450. The van der Waals surface area contributed by atoms with Crippen LogP contribution in [0, 0.1) is 25.7 Å². The van der Waals surface area contributed by atoms with E-state index in [4.69, 9.17) is 16.3 Å². The largest absolute Gasteiger partial charge is 0.373 e. The van der Waals surface area contributed by atoms with Crippen molar-refractivity contribution in [3.63, 3.8) is 0 Å². The van der Waals surface area contributed by atoms with Gasteiger partial charge in [0, 0.05) is 5.02 Å². The van der Waals surface area contributed by atoms with Crippen molar-refractivity contribution in [2.24, 2.45) is 11.8 Å². The number of hydrogen-bond donors (Lipinski definition) is 0. The summed E-state index contributed by atoms with van der Waals surface area (Å²) in [4.78, 5) is 27.5. The molecule has 7 heteroatoms. The Kier molecular flexibility index (Phi) is 3.71. The van der Waals surface area contributed by atoms with Crippen molar-refractivity contribution in [1.82, 2.24) is 9.78 Å². The number of amides is 2. The van der Waals surface area contributed by atoms with E-state index in [1.54, 1.807) is 0 Å². The number of carbonyl (C=O) groups excluding carboxylic acids is 2. The first kappa shape index (κ1) is 17.0. The van der Waals surface area contributed by atoms with E-state index in [-0.39, 0.29) is 35.9 Å². The quantitative estimate of drug-likeness (QED) is 0.762. The van der Waals surface area contributed by atoms with Crippen LogP contribution in [-0.4, -0.2) is 33.8 Å². The van der Waals surface area contributed by atoms with Gasteiger partial charge in [0.2, 0.25) is 11.8 Å². The number of fused-ring (bicyclic) bond motifs is 5. The summed E-state index contributed by atoms with van der Waals surface area (Å²) in [6.07, 6.45) is 1.51. The van der Waals surface area contributed by atoms with E-state index in [1.165, 1.54) is 4.90 Å². The van der Waals surface area contributed by atoms with Crippen molar-refractivity contribution < 1.29 is 14.3 Å². The van der Waals surface area contributed by atoms with Gasteiger partial charge in [-0.3, -0.25) is 14.3 Å². The number of rotatable bonds is 3. The number of halogens is 1. The molecule has 27 heavy (non-hydrogen) atoms. The Morgan fingerprint density at radius 1 is 1.11 bits per heavy atom. The lowest BCUT2D eigenvalue weighted by Crippen LogP contribution is -2.35. The number of ether oxygens (including phenoxy) is 1. The predicted octanol–water partition coefficient (Wildman–Crippen LogP) is 2.87. The fourth-order valence-corrected chi connectivity index (χ4v) is 5.08. The molecule has 2 bridgehead atoms. The second-order valence-electron chi connectivity index (χ2n) is 7.62. The summed E-state index contributed by atoms with van der Waals surface area (Å²) in [6.45, 7) is 4.22. The van der Waals surface area contributed by atoms with Crippen LogP contribution in [0.4, 0.5) is 5.69 Å². The van der Waals surface area contributed by atoms with Crippen molar-refractivity contribution in [2.75, 3.05) is 4.90 Å². The van der Waals surface area contributed by atoms with Gasteiger partial charge in [0.05, 0.1) is 47.7 Å². The van der Waals surface area contributed by atoms with Crippen LogP contribution in [0.15, 0.2) is 24.3 Å². The molecule has 140 valence electrons. The summed E-state index contributed by atoms with van der Waals surface area (Å²) >= 11 is 6.28. The van der Waals surface area contributed by atoms with E-state index in [0.717, 1.165) is 24.1 Å². The molecule has 0 spiro atoms. The SMILES string of the molecule is Cc1nn(Cc2ccccc2Cl)c(C)c1N1C(=O)[C@@H]2[C@H](C1=O)[C@H]1CC[C@@H]2O1. The van der Waals surface area contributed by atoms with Gasteiger partial charge in [0.15, 0.2) is 0 Å². The first-order valence-corrected chi connectivity index (χ1v) is 9.66. The Balaban J connectivity index is 1.51. The number of aryl methyl sites for hydroxylation is 1. The van der Waals surface area contributed by atoms with Crippen molar-refractivity contribution in [2.45, 2.75) is 45.4 Å². The van der Waals surface area contributed by atoms with E-state index in [0.29, 0.717) is 22.9 Å². The van der Waals surface area contributed by atoms with Gasteiger partial charge in [-0.05, 0) is 38.3 Å². The van der Waals surface area contributed by atoms with E-state index in [1.807, 2.05) is 42.8 Å². The fourth-order valence-electron chi connectivity index (χ4n) is 4.89. The molecule has 3 aliphatic heterocycles. The Morgan fingerprint density at radius 3 is 2.37 bits per heavy atom. The Labute approximate surface area is 162 Å². The summed E-state index contributed by atoms with van der Waals surface area (Å²) in [5.41, 5.74) is 3.03. The molecule has 5 rings (SSSR count). The number of hydrogen-bond acceptors (Lipinski definition) is 4. The maximum absolute atomic E-state index is 13.1. The average Bonchev–Trinajstić information content (AvgIpc) is 3.37. The zero-order chi connectivity index (χ0) is 18.9. The van der Waals surface area contributed by atoms with Crippen molar-refractivity contribution >= 4 is 29.1 Å². The van der Waals surface area contributed by atoms with Gasteiger partial charge < -0.3 is 4.74 Å². The third-order valence-electron chi connectivity index (χ3n) is 6.13. The first-order valence-electron chi connectivity index (χ1n) is 9.28. The normalized spacial score (nSPS) is 29.1. The summed E-state index contributed by atoms with van der Waals surface area (Å²) in [5.74, 6) is -0.940. The number of nitrogens with zero attached hydrogens (tertiary/aromatic N) is 3. The zero-order valence-corrected chi connectivity index (χ0v) is 15.9. The molecule has 3 saturated heterocycles. The number of aromatic nitrogens is 2. The summed E-state index contributed by atoms with van der Waals surface area (Å²) < 4.78 is 7.63. The van der Waals surface area contributed by atoms with Crippen LogP contribution in [0.1, 0.15) is 29.8 Å². The molecule has 2 amide bonds. The molecular weight excluding hydrogens is 366 g/mol. The Bertz CT molecular complexity index is 941. The standard InChI is InChI=1S/C20H20ClN3O3/c1-10-18(11(2)23(22-10)9-12-5-3-4-6-13(12)21)24-19(25)16-14-7-8-15(27-14)17(16)20(24)26/h3-6,14-17H,7-9H2,1-2H3/t14-,15+,16-,17+. The van der Waals surface area contributed by atoms with Crippen LogP contribution in [-0.2, 0) is 20.9 Å². The lowest BCUT2D eigenvalue weighted by molar-refractivity contribution is -0.124. The van der Waals surface area contributed by atoms with Crippen molar-refractivity contribution in [3.8, 4) is 0 Å². The minimum atomic E-state index is -0.332. The van der Waals surface area contributed by atoms with Crippen LogP contribution in [0.25, 0.3) is 0 Å². The maximum atomic E-state index is 13.1. The first-order chi connectivity index (χ1) is 13.0. The van der Waals surface area contributed by atoms with E-state index in [9.17, 15) is 9.59 Å². The highest BCUT2D eigenvalue weighted by atomic mass is 35.5. The maximum Gasteiger partial charge on any atom is 0.240 e. The molecule has 0 aliphatic carbocycles. The van der Waals surface area contributed by atoms with Crippen LogP contribution >= 0.6 is 11.6 Å². The smallest absolute Gasteiger partial charge is 0.240 e. The van der Waals surface area contributed by atoms with Gasteiger partial charge in [0.1, 0.15) is 0 Å². The van der Waals surface area contributed by atoms with Crippen LogP contribution < -0.4 is 4.90 Å². The Morgan fingerprint density at radius 2 is 1.74 bits per heavy atom. The lowest BCUT2D eigenvalue weighted by Gasteiger charge is -2.18. The highest BCUT2D eigenvalue weighted by molar-refractivity contribution is 6.31. The zero-order valence-electron chi connectivity index (χ0n) is 15.2. The molecule has 4 atom stereocenters. The third kappa shape index (κ3) is 2.33. The molecule has 2 aromatic rings. The number of benzene rings is 1. The number of carbonyl (C=O) groups is 2. The molecule has 0 N–H and O–H groups in total. The monoisotopic (exact) mass is 385 g/mol. The summed E-state index contributed by atoms with van der Waals surface area (Å²) in [5, 5.41) is 5.26. The van der Waals surface area contributed by atoms with E-state index < -0.39 is 0 Å². The second-order valence-corrected chi connectivity index (χ2v) is 8.03. The number of anilines is 1. The predicted molar refractivity (Wildman–Crippen MR) is 99.6 cm³/mol. The molecule has 4 heterocycles. The molecule has 0 radical (unpaired) electrons. The molecule has 3 fully saturated rings. The van der Waals surface area contributed by atoms with E-state index in [2.05, 4.69) is 5.10 Å². The topological polar surface area (TPSA) is 64.4 Å². The molecule has 3 aliphatic rings. The average molecular weight is 386 g/mol. The summed E-state index contributed by atoms with van der Waals surface area (Å²) in [7, 11) is 0. The second kappa shape index (κ2) is 5.91. The summed E-state index contributed by atoms with van der Waals surface area (Å²) in [6, 6.07) is 7.60. The minimum absolute atomic E-state index is 0.111. The van der Waals surface area contributed by atoms with E-state index >= 15 is 0 Å². The van der Waals surface area contributed by atoms with Crippen LogP contribution in [0.5, 0.6) is 0 Å². The minimum Gasteiger partial charge on any atom is -0.373 e. The van der Waals surface area contributed by atoms with Gasteiger partial charge in [-0.15, -0.1) is 0 Å². The molecule has 0 unspecified atom stereocenters. The van der Waals surface area contributed by atoms with Gasteiger partial charge in [-0.25, -0.2) is 4.90 Å². The van der Waals surface area contributed by atoms with Gasteiger partial charge in [-0.1, -0.05) is 29.8 Å². The Hall–Kier alpha value is -2.18. The third-order valence-corrected chi connectivity index (χ3v) is 6.50. The van der Waals surface area contributed by atoms with Crippen molar-refractivity contribution in [3.05, 3.63) is 46.2 Å². The van der Waals surface area contributed by atoms with Crippen LogP contribution in [0.3, 0.4) is 0 Å². The lowest BCUT2D eigenvalue weighted by atomic mass is 9.81. The molecule has 1 aromatic carbocycles. The molecule has 1 aromatic heterocycles. The van der Waals surface area contributed by atoms with Gasteiger partial charge >= 0.3 is 0 Å². The van der Waals surface area contributed by atoms with Crippen LogP contribution in [0.2, 0.25) is 5.02 Å². The molecule has 0 saturated carbocycles. The molecular formula is C20H20ClN3O3. The highest BCUT2D eigenvalue weighted by Gasteiger charge is 2.63. The highest BCUT2D eigenvalue weighted by Crippen LogP contribution is 2.50. The van der Waals surface area contributed by atoms with Gasteiger partial charge in [0.25, 0.3) is 0 Å².